The molecular formula is C20H21FO7. The van der Waals surface area contributed by atoms with Crippen molar-refractivity contribution >= 4 is 23.7 Å². The van der Waals surface area contributed by atoms with Gasteiger partial charge in [0.05, 0.1) is 0 Å². The maximum atomic E-state index is 13.1. The molecule has 150 valence electrons. The Morgan fingerprint density at radius 3 is 2.25 bits per heavy atom. The van der Waals surface area contributed by atoms with Gasteiger partial charge in [0.15, 0.2) is 18.0 Å². The molecule has 1 rings (SSSR count). The number of ketones is 1. The Kier molecular flexibility index (Phi) is 9.29. The van der Waals surface area contributed by atoms with E-state index in [1.165, 1.54) is 56.4 Å². The number of hydrogen-bond acceptors (Lipinski definition) is 7. The lowest BCUT2D eigenvalue weighted by molar-refractivity contribution is -0.169. The van der Waals surface area contributed by atoms with Gasteiger partial charge in [-0.25, -0.2) is 4.39 Å². The van der Waals surface area contributed by atoms with Gasteiger partial charge in [0.1, 0.15) is 12.4 Å². The monoisotopic (exact) mass is 392 g/mol. The van der Waals surface area contributed by atoms with Gasteiger partial charge in [0.25, 0.3) is 0 Å². The quantitative estimate of drug-likeness (QED) is 0.209. The SMILES string of the molecule is CC(=O)OC[C@@H](OC(C)=O)[C@@H](/C=C/C=C/C(=O)c1cccc(F)c1)OC(C)=O. The summed E-state index contributed by atoms with van der Waals surface area (Å²) in [6.45, 7) is 3.19. The van der Waals surface area contributed by atoms with Crippen LogP contribution < -0.4 is 0 Å². The molecule has 7 nitrogen and oxygen atoms in total. The molecule has 0 saturated carbocycles. The average molecular weight is 392 g/mol. The number of carbonyl (C=O) groups is 4. The van der Waals surface area contributed by atoms with Crippen LogP contribution in [0.2, 0.25) is 0 Å². The summed E-state index contributed by atoms with van der Waals surface area (Å²) in [7, 11) is 0. The molecule has 0 fully saturated rings. The molecule has 0 amide bonds. The van der Waals surface area contributed by atoms with Gasteiger partial charge in [-0.1, -0.05) is 24.3 Å². The third-order valence-electron chi connectivity index (χ3n) is 3.21. The molecule has 0 N–H and O–H groups in total. The number of allylic oxidation sites excluding steroid dienone is 3. The van der Waals surface area contributed by atoms with Crippen LogP contribution >= 0.6 is 0 Å². The van der Waals surface area contributed by atoms with E-state index < -0.39 is 41.7 Å². The van der Waals surface area contributed by atoms with Crippen LogP contribution in [0.4, 0.5) is 4.39 Å². The lowest BCUT2D eigenvalue weighted by atomic mass is 10.1. The lowest BCUT2D eigenvalue weighted by Gasteiger charge is -2.23. The minimum atomic E-state index is -1.06. The average Bonchev–Trinajstić information content (AvgIpc) is 2.60. The van der Waals surface area contributed by atoms with E-state index in [0.29, 0.717) is 0 Å². The molecule has 28 heavy (non-hydrogen) atoms. The lowest BCUT2D eigenvalue weighted by Crippen LogP contribution is -2.37. The van der Waals surface area contributed by atoms with Gasteiger partial charge in [-0.05, 0) is 24.3 Å². The highest BCUT2D eigenvalue weighted by Gasteiger charge is 2.26. The number of benzene rings is 1. The summed E-state index contributed by atoms with van der Waals surface area (Å²) >= 11 is 0. The van der Waals surface area contributed by atoms with Crippen molar-refractivity contribution in [1.82, 2.24) is 0 Å². The summed E-state index contributed by atoms with van der Waals surface area (Å²) in [6.07, 6.45) is 3.22. The zero-order chi connectivity index (χ0) is 21.1. The molecule has 0 aliphatic heterocycles. The Bertz CT molecular complexity index is 783. The Labute approximate surface area is 161 Å². The number of ether oxygens (including phenoxy) is 3. The third kappa shape index (κ3) is 8.88. The molecule has 1 aromatic carbocycles. The predicted octanol–water partition coefficient (Wildman–Crippen LogP) is 2.55. The normalized spacial score (nSPS) is 13.1. The number of esters is 3. The summed E-state index contributed by atoms with van der Waals surface area (Å²) in [6, 6.07) is 5.22. The topological polar surface area (TPSA) is 96.0 Å². The second-order valence-electron chi connectivity index (χ2n) is 5.64. The number of halogens is 1. The summed E-state index contributed by atoms with van der Waals surface area (Å²) < 4.78 is 28.1. The Morgan fingerprint density at radius 2 is 1.68 bits per heavy atom. The highest BCUT2D eigenvalue weighted by molar-refractivity contribution is 6.04. The van der Waals surface area contributed by atoms with E-state index in [0.717, 1.165) is 13.0 Å². The fourth-order valence-corrected chi connectivity index (χ4v) is 2.09. The summed E-state index contributed by atoms with van der Waals surface area (Å²) in [5.41, 5.74) is 0.175. The summed E-state index contributed by atoms with van der Waals surface area (Å²) in [4.78, 5) is 45.6. The second kappa shape index (κ2) is 11.4. The van der Waals surface area contributed by atoms with Crippen molar-refractivity contribution in [3.63, 3.8) is 0 Å². The van der Waals surface area contributed by atoms with Gasteiger partial charge in [-0.15, -0.1) is 0 Å². The number of rotatable bonds is 9. The van der Waals surface area contributed by atoms with Gasteiger partial charge in [-0.3, -0.25) is 19.2 Å². The first kappa shape index (κ1) is 22.8. The highest BCUT2D eigenvalue weighted by atomic mass is 19.1. The molecule has 0 unspecified atom stereocenters. The first-order valence-electron chi connectivity index (χ1n) is 8.31. The molecule has 0 spiro atoms. The van der Waals surface area contributed by atoms with E-state index in [1.807, 2.05) is 0 Å². The van der Waals surface area contributed by atoms with Gasteiger partial charge in [0.2, 0.25) is 0 Å². The Balaban J connectivity index is 2.89. The van der Waals surface area contributed by atoms with Crippen molar-refractivity contribution in [3.05, 3.63) is 60.0 Å². The molecule has 0 heterocycles. The maximum Gasteiger partial charge on any atom is 0.303 e. The summed E-state index contributed by atoms with van der Waals surface area (Å²) in [5.74, 6) is -2.85. The zero-order valence-corrected chi connectivity index (χ0v) is 15.7. The van der Waals surface area contributed by atoms with Crippen LogP contribution in [-0.2, 0) is 28.6 Å². The number of hydrogen-bond donors (Lipinski definition) is 0. The van der Waals surface area contributed by atoms with Crippen LogP contribution in [0.1, 0.15) is 31.1 Å². The molecule has 0 radical (unpaired) electrons. The largest absolute Gasteiger partial charge is 0.462 e. The second-order valence-corrected chi connectivity index (χ2v) is 5.64. The Hall–Kier alpha value is -3.29. The first-order chi connectivity index (χ1) is 13.2. The molecule has 2 atom stereocenters. The third-order valence-corrected chi connectivity index (χ3v) is 3.21. The van der Waals surface area contributed by atoms with E-state index >= 15 is 0 Å². The molecule has 1 aromatic rings. The fraction of sp³-hybridized carbons (Fsp3) is 0.300. The van der Waals surface area contributed by atoms with E-state index in [1.54, 1.807) is 0 Å². The van der Waals surface area contributed by atoms with Crippen LogP contribution in [-0.4, -0.2) is 42.5 Å². The Morgan fingerprint density at radius 1 is 1.00 bits per heavy atom. The van der Waals surface area contributed by atoms with E-state index in [-0.39, 0.29) is 12.2 Å². The summed E-state index contributed by atoms with van der Waals surface area (Å²) in [5, 5.41) is 0. The fourth-order valence-electron chi connectivity index (χ4n) is 2.09. The smallest absolute Gasteiger partial charge is 0.303 e. The van der Waals surface area contributed by atoms with Crippen molar-refractivity contribution in [2.45, 2.75) is 33.0 Å². The highest BCUT2D eigenvalue weighted by Crippen LogP contribution is 2.10. The molecular weight excluding hydrogens is 371 g/mol. The van der Waals surface area contributed by atoms with Crippen LogP contribution in [0.3, 0.4) is 0 Å². The molecule has 0 aliphatic carbocycles. The van der Waals surface area contributed by atoms with Gasteiger partial charge in [0, 0.05) is 26.3 Å². The minimum absolute atomic E-state index is 0.175. The van der Waals surface area contributed by atoms with Crippen molar-refractivity contribution in [2.75, 3.05) is 6.61 Å². The molecule has 0 bridgehead atoms. The van der Waals surface area contributed by atoms with Crippen molar-refractivity contribution in [2.24, 2.45) is 0 Å². The molecule has 0 aliphatic rings. The zero-order valence-electron chi connectivity index (χ0n) is 15.7. The maximum absolute atomic E-state index is 13.1. The van der Waals surface area contributed by atoms with Crippen LogP contribution in [0.5, 0.6) is 0 Å². The molecule has 8 heteroatoms. The standard InChI is InChI=1S/C20H21FO7/c1-13(22)26-12-20(28-15(3)24)19(27-14(2)23)10-5-4-9-18(25)16-7-6-8-17(21)11-16/h4-11,19-20H,12H2,1-3H3/b9-4+,10-5+/t19-,20-/m1/s1. The van der Waals surface area contributed by atoms with Gasteiger partial charge in [-0.2, -0.15) is 0 Å². The van der Waals surface area contributed by atoms with Crippen molar-refractivity contribution in [3.8, 4) is 0 Å². The van der Waals surface area contributed by atoms with E-state index in [2.05, 4.69) is 0 Å². The molecule has 0 saturated heterocycles. The van der Waals surface area contributed by atoms with Crippen LogP contribution in [0.15, 0.2) is 48.6 Å². The van der Waals surface area contributed by atoms with Crippen LogP contribution in [0, 0.1) is 5.82 Å². The van der Waals surface area contributed by atoms with Crippen LogP contribution in [0.25, 0.3) is 0 Å². The number of carbonyl (C=O) groups excluding carboxylic acids is 4. The van der Waals surface area contributed by atoms with Gasteiger partial charge >= 0.3 is 17.9 Å². The van der Waals surface area contributed by atoms with Gasteiger partial charge < -0.3 is 14.2 Å². The predicted molar refractivity (Wildman–Crippen MR) is 96.8 cm³/mol. The first-order valence-corrected chi connectivity index (χ1v) is 8.31. The molecule has 0 aromatic heterocycles. The van der Waals surface area contributed by atoms with Crippen molar-refractivity contribution < 1.29 is 37.8 Å². The minimum Gasteiger partial charge on any atom is -0.462 e. The van der Waals surface area contributed by atoms with Crippen molar-refractivity contribution in [1.29, 1.82) is 0 Å². The van der Waals surface area contributed by atoms with E-state index in [4.69, 9.17) is 14.2 Å². The van der Waals surface area contributed by atoms with E-state index in [9.17, 15) is 23.6 Å².